The van der Waals surface area contributed by atoms with Crippen LogP contribution in [0, 0.1) is 11.8 Å². The standard InChI is InChI=1S/2C23H29N7.C22H28N8.C20H24N8/c2*1-3-20(4-2)29-15-19(12-26-29)23-22-9-10-24-30(22)16-21(27-23)18-11-25-28(14-18)13-17-7-5-6-8-17;1-3-18(4-2)28-14-17(12-26-28)22-21-7-10-24-30(21)15-20(27-22)16-11-25-29(13-16)19-5-8-23-9-6-19;1-14(2)26-12-16(10-23-26)20-19-5-8-22-28(19)13-18(25-20)15-9-24-27(11-15)17-3-6-21-7-4-17/h2*9-12,14-17,20H,3-8,13H2,1-2H3;7,10-15,18-19,23H,3-6,8-9H2,1-2H3;5,8-14,17,21H,3-4,6-7H2,1-2H3. The summed E-state index contributed by atoms with van der Waals surface area (Å²) in [5.41, 5.74) is 19.2. The molecule has 2 saturated heterocycles. The Morgan fingerprint density at radius 1 is 0.305 bits per heavy atom. The van der Waals surface area contributed by atoms with Gasteiger partial charge in [0.15, 0.2) is 0 Å². The lowest BCUT2D eigenvalue weighted by Gasteiger charge is -2.22. The number of hydrogen-bond acceptors (Lipinski definition) is 18. The van der Waals surface area contributed by atoms with Gasteiger partial charge in [-0.3, -0.25) is 37.5 Å². The molecule has 0 aromatic carbocycles. The van der Waals surface area contributed by atoms with Crippen molar-refractivity contribution in [2.75, 3.05) is 26.2 Å². The lowest BCUT2D eigenvalue weighted by Crippen LogP contribution is -2.29. The van der Waals surface area contributed by atoms with Gasteiger partial charge in [-0.2, -0.15) is 61.2 Å². The van der Waals surface area contributed by atoms with E-state index in [-0.39, 0.29) is 0 Å². The Morgan fingerprint density at radius 3 is 0.881 bits per heavy atom. The minimum absolute atomic E-state index is 0.307. The second-order valence-corrected chi connectivity index (χ2v) is 32.5. The van der Waals surface area contributed by atoms with E-state index in [0.717, 1.165) is 227 Å². The monoisotopic (exact) mass is 1590 g/mol. The minimum atomic E-state index is 0.307. The maximum absolute atomic E-state index is 5.02. The lowest BCUT2D eigenvalue weighted by atomic mass is 10.1. The van der Waals surface area contributed by atoms with Gasteiger partial charge < -0.3 is 10.6 Å². The number of nitrogens with zero attached hydrogens (tertiary/aromatic N) is 28. The largest absolute Gasteiger partial charge is 0.317 e. The molecule has 612 valence electrons. The van der Waals surface area contributed by atoms with E-state index in [0.29, 0.717) is 36.3 Å². The molecule has 18 heterocycles. The molecule has 2 aliphatic heterocycles. The first-order valence-electron chi connectivity index (χ1n) is 43.1. The zero-order valence-electron chi connectivity index (χ0n) is 69.3. The average Bonchev–Trinajstić information content (AvgIpc) is 1.63. The summed E-state index contributed by atoms with van der Waals surface area (Å²) in [6.07, 6.45) is 68.7. The molecular formula is C88H110N30. The van der Waals surface area contributed by atoms with Crippen LogP contribution in [0.4, 0.5) is 0 Å². The molecule has 0 spiro atoms. The molecule has 16 aromatic heterocycles. The summed E-state index contributed by atoms with van der Waals surface area (Å²) in [6, 6.07) is 10.4. The van der Waals surface area contributed by atoms with Gasteiger partial charge in [0.25, 0.3) is 0 Å². The van der Waals surface area contributed by atoms with Crippen molar-refractivity contribution in [2.24, 2.45) is 11.8 Å². The molecule has 20 rings (SSSR count). The molecule has 2 saturated carbocycles. The smallest absolute Gasteiger partial charge is 0.0999 e. The van der Waals surface area contributed by atoms with Crippen molar-refractivity contribution < 1.29 is 0 Å². The van der Waals surface area contributed by atoms with Gasteiger partial charge in [-0.1, -0.05) is 67.2 Å². The molecule has 4 aliphatic rings. The second-order valence-electron chi connectivity index (χ2n) is 32.5. The zero-order chi connectivity index (χ0) is 80.6. The molecular weight excluding hydrogens is 1480 g/mol. The van der Waals surface area contributed by atoms with E-state index in [9.17, 15) is 0 Å². The van der Waals surface area contributed by atoms with Crippen molar-refractivity contribution in [3.8, 4) is 90.1 Å². The molecule has 0 bridgehead atoms. The van der Waals surface area contributed by atoms with Crippen LogP contribution in [0.3, 0.4) is 0 Å². The van der Waals surface area contributed by atoms with Crippen LogP contribution < -0.4 is 10.6 Å². The Morgan fingerprint density at radius 2 is 0.585 bits per heavy atom. The van der Waals surface area contributed by atoms with Gasteiger partial charge in [-0.15, -0.1) is 0 Å². The summed E-state index contributed by atoms with van der Waals surface area (Å²) < 4.78 is 24.1. The first-order chi connectivity index (χ1) is 57.9. The minimum Gasteiger partial charge on any atom is -0.317 e. The van der Waals surface area contributed by atoms with Crippen LogP contribution in [0.2, 0.25) is 0 Å². The molecule has 0 radical (unpaired) electrons. The molecule has 0 amide bonds. The van der Waals surface area contributed by atoms with Crippen molar-refractivity contribution in [1.82, 2.24) is 147 Å². The van der Waals surface area contributed by atoms with Gasteiger partial charge in [-0.05, 0) is 166 Å². The Labute approximate surface area is 687 Å². The molecule has 0 unspecified atom stereocenters. The normalized spacial score (nSPS) is 15.3. The van der Waals surface area contributed by atoms with Crippen molar-refractivity contribution in [3.63, 3.8) is 0 Å². The summed E-state index contributed by atoms with van der Waals surface area (Å²) in [6.45, 7) is 23.6. The highest BCUT2D eigenvalue weighted by Crippen LogP contribution is 2.36. The van der Waals surface area contributed by atoms with Gasteiger partial charge in [0.1, 0.15) is 0 Å². The average molecular weight is 1590 g/mol. The van der Waals surface area contributed by atoms with E-state index in [1.54, 1.807) is 6.20 Å². The lowest BCUT2D eigenvalue weighted by molar-refractivity contribution is 0.343. The molecule has 4 fully saturated rings. The molecule has 16 aromatic rings. The fourth-order valence-electron chi connectivity index (χ4n) is 17.4. The molecule has 0 atom stereocenters. The third kappa shape index (κ3) is 17.1. The number of aromatic nitrogens is 28. The van der Waals surface area contributed by atoms with Crippen molar-refractivity contribution in [2.45, 2.75) is 220 Å². The third-order valence-corrected chi connectivity index (χ3v) is 24.4. The highest BCUT2D eigenvalue weighted by atomic mass is 15.3. The number of hydrogen-bond donors (Lipinski definition) is 2. The Bertz CT molecular complexity index is 5730. The molecule has 2 aliphatic carbocycles. The first-order valence-corrected chi connectivity index (χ1v) is 43.1. The number of piperidine rings is 2. The van der Waals surface area contributed by atoms with E-state index < -0.39 is 0 Å². The highest BCUT2D eigenvalue weighted by molar-refractivity contribution is 5.81. The Hall–Kier alpha value is -11.9. The fraction of sp³-hybridized carbons (Fsp3) is 0.455. The van der Waals surface area contributed by atoms with Crippen LogP contribution in [-0.2, 0) is 13.1 Å². The predicted molar refractivity (Wildman–Crippen MR) is 457 cm³/mol. The Balaban J connectivity index is 0.000000113. The topological polar surface area (TPSA) is 287 Å². The van der Waals surface area contributed by atoms with E-state index in [2.05, 4.69) is 203 Å². The van der Waals surface area contributed by atoms with Gasteiger partial charge in [0.05, 0.1) is 197 Å². The summed E-state index contributed by atoms with van der Waals surface area (Å²) in [5, 5.41) is 61.5. The van der Waals surface area contributed by atoms with Crippen LogP contribution >= 0.6 is 0 Å². The van der Waals surface area contributed by atoms with Crippen molar-refractivity contribution >= 4 is 22.1 Å². The highest BCUT2D eigenvalue weighted by Gasteiger charge is 2.26. The number of rotatable bonds is 24. The molecule has 118 heavy (non-hydrogen) atoms. The van der Waals surface area contributed by atoms with Crippen LogP contribution in [0.25, 0.3) is 112 Å². The van der Waals surface area contributed by atoms with E-state index in [1.807, 2.05) is 146 Å². The van der Waals surface area contributed by atoms with Crippen molar-refractivity contribution in [1.29, 1.82) is 0 Å². The van der Waals surface area contributed by atoms with Crippen LogP contribution in [0.1, 0.15) is 207 Å². The van der Waals surface area contributed by atoms with Crippen molar-refractivity contribution in [3.05, 3.63) is 173 Å². The summed E-state index contributed by atoms with van der Waals surface area (Å²) >= 11 is 0. The van der Waals surface area contributed by atoms with E-state index in [1.165, 1.54) is 51.4 Å². The van der Waals surface area contributed by atoms with Crippen LogP contribution in [0.15, 0.2) is 173 Å². The molecule has 30 heteroatoms. The van der Waals surface area contributed by atoms with Gasteiger partial charge in [0, 0.05) is 113 Å². The summed E-state index contributed by atoms with van der Waals surface area (Å²) in [4.78, 5) is 20.0. The fourth-order valence-corrected chi connectivity index (χ4v) is 17.4. The third-order valence-electron chi connectivity index (χ3n) is 24.4. The van der Waals surface area contributed by atoms with Gasteiger partial charge in [-0.25, -0.2) is 38.0 Å². The summed E-state index contributed by atoms with van der Waals surface area (Å²) in [7, 11) is 0. The summed E-state index contributed by atoms with van der Waals surface area (Å²) in [5.74, 6) is 1.51. The second kappa shape index (κ2) is 35.9. The SMILES string of the molecule is CC(C)n1cc(-c2nc(-c3cnn(C4CCNCC4)c3)cn3nccc23)cn1.CCC(CC)n1cc(-c2nc(-c3cnn(C4CCNCC4)c3)cn3nccc23)cn1.CCC(CC)n1cc(-c2nc(-c3cnn(CC4CCCC4)c3)cn3nccc23)cn1.CCC(CC)n1cc(-c2nc(-c3cnn(CC4CCCC4)c3)cn3nccc23)cn1. The zero-order valence-corrected chi connectivity index (χ0v) is 69.3. The number of fused-ring (bicyclic) bond motifs is 4. The Kier molecular flexibility index (Phi) is 23.9. The van der Waals surface area contributed by atoms with Crippen LogP contribution in [-0.4, -0.2) is 163 Å². The molecule has 30 nitrogen and oxygen atoms in total. The van der Waals surface area contributed by atoms with Crippen LogP contribution in [0.5, 0.6) is 0 Å². The van der Waals surface area contributed by atoms with Gasteiger partial charge in [0.2, 0.25) is 0 Å². The quantitative estimate of drug-likeness (QED) is 0.0568. The van der Waals surface area contributed by atoms with E-state index >= 15 is 0 Å². The first kappa shape index (κ1) is 78.6. The number of nitrogens with one attached hydrogen (secondary N) is 2. The molecule has 2 N–H and O–H groups in total. The van der Waals surface area contributed by atoms with Gasteiger partial charge >= 0.3 is 0 Å². The van der Waals surface area contributed by atoms with E-state index in [4.69, 9.17) is 19.9 Å². The maximum Gasteiger partial charge on any atom is 0.0999 e. The predicted octanol–water partition coefficient (Wildman–Crippen LogP) is 16.7. The maximum atomic E-state index is 5.02.